The van der Waals surface area contributed by atoms with Gasteiger partial charge in [0, 0.05) is 32.2 Å². The van der Waals surface area contributed by atoms with Crippen molar-refractivity contribution in [1.82, 2.24) is 24.8 Å². The molecule has 0 aliphatic carbocycles. The summed E-state index contributed by atoms with van der Waals surface area (Å²) in [5.41, 5.74) is 0. The van der Waals surface area contributed by atoms with Crippen molar-refractivity contribution in [3.05, 3.63) is 42.7 Å². The van der Waals surface area contributed by atoms with Gasteiger partial charge in [-0.05, 0) is 26.0 Å². The van der Waals surface area contributed by atoms with E-state index in [2.05, 4.69) is 15.3 Å². The van der Waals surface area contributed by atoms with Gasteiger partial charge in [0.1, 0.15) is 17.7 Å². The van der Waals surface area contributed by atoms with Crippen molar-refractivity contribution in [2.75, 3.05) is 13.6 Å². The molecule has 0 bridgehead atoms. The third-order valence-electron chi connectivity index (χ3n) is 3.38. The Balaban J connectivity index is 1.77. The first kappa shape index (κ1) is 16.8. The maximum absolute atomic E-state index is 12.1. The Morgan fingerprint density at radius 2 is 2.30 bits per heavy atom. The quantitative estimate of drug-likeness (QED) is 0.846. The van der Waals surface area contributed by atoms with E-state index in [9.17, 15) is 4.79 Å². The molecule has 0 fully saturated rings. The molecule has 2 amide bonds. The Hall–Kier alpha value is -2.57. The number of nitrogens with zero attached hydrogens (tertiary/aromatic N) is 4. The van der Waals surface area contributed by atoms with Gasteiger partial charge in [0.25, 0.3) is 0 Å². The van der Waals surface area contributed by atoms with E-state index in [1.807, 2.05) is 36.7 Å². The highest BCUT2D eigenvalue weighted by Gasteiger charge is 2.13. The summed E-state index contributed by atoms with van der Waals surface area (Å²) in [6.45, 7) is 5.66. The van der Waals surface area contributed by atoms with Crippen LogP contribution in [0.3, 0.4) is 0 Å². The van der Waals surface area contributed by atoms with Crippen molar-refractivity contribution in [3.63, 3.8) is 0 Å². The standard InChI is InChI=1S/C16H23N5O2/c1-4-21-9-8-18-15(21)12-20(3)16(22)19-10-13(2)23-14-6-5-7-17-11-14/h5-9,11,13H,4,10,12H2,1-3H3,(H,19,22)/t13-/m1/s1. The number of carbonyl (C=O) groups is 1. The van der Waals surface area contributed by atoms with Crippen LogP contribution < -0.4 is 10.1 Å². The molecule has 124 valence electrons. The molecule has 0 unspecified atom stereocenters. The number of rotatable bonds is 7. The number of urea groups is 1. The first-order valence-electron chi connectivity index (χ1n) is 7.65. The highest BCUT2D eigenvalue weighted by atomic mass is 16.5. The zero-order chi connectivity index (χ0) is 16.7. The molecule has 2 rings (SSSR count). The van der Waals surface area contributed by atoms with Crippen molar-refractivity contribution in [2.45, 2.75) is 33.0 Å². The third-order valence-corrected chi connectivity index (χ3v) is 3.38. The fourth-order valence-corrected chi connectivity index (χ4v) is 2.12. The average molecular weight is 317 g/mol. The lowest BCUT2D eigenvalue weighted by atomic mass is 10.4. The minimum Gasteiger partial charge on any atom is -0.487 e. The van der Waals surface area contributed by atoms with Crippen LogP contribution >= 0.6 is 0 Å². The van der Waals surface area contributed by atoms with E-state index < -0.39 is 0 Å². The van der Waals surface area contributed by atoms with Gasteiger partial charge in [-0.3, -0.25) is 4.98 Å². The number of pyridine rings is 1. The van der Waals surface area contributed by atoms with Gasteiger partial charge >= 0.3 is 6.03 Å². The van der Waals surface area contributed by atoms with E-state index >= 15 is 0 Å². The molecule has 0 radical (unpaired) electrons. The number of amides is 2. The summed E-state index contributed by atoms with van der Waals surface area (Å²) < 4.78 is 7.69. The molecule has 7 nitrogen and oxygen atoms in total. The Morgan fingerprint density at radius 1 is 1.48 bits per heavy atom. The molecule has 0 saturated carbocycles. The Bertz CT molecular complexity index is 614. The smallest absolute Gasteiger partial charge is 0.317 e. The van der Waals surface area contributed by atoms with Crippen molar-refractivity contribution in [1.29, 1.82) is 0 Å². The van der Waals surface area contributed by atoms with Gasteiger partial charge in [-0.15, -0.1) is 0 Å². The zero-order valence-electron chi connectivity index (χ0n) is 13.8. The van der Waals surface area contributed by atoms with Gasteiger partial charge < -0.3 is 19.5 Å². The molecule has 7 heteroatoms. The van der Waals surface area contributed by atoms with Crippen molar-refractivity contribution in [2.24, 2.45) is 0 Å². The van der Waals surface area contributed by atoms with Crippen LogP contribution in [0.5, 0.6) is 5.75 Å². The van der Waals surface area contributed by atoms with E-state index in [1.165, 1.54) is 0 Å². The van der Waals surface area contributed by atoms with Crippen LogP contribution in [0.15, 0.2) is 36.9 Å². The molecule has 2 heterocycles. The molecular formula is C16H23N5O2. The molecule has 1 N–H and O–H groups in total. The molecule has 0 aliphatic heterocycles. The molecule has 2 aromatic rings. The molecule has 0 spiro atoms. The number of aryl methyl sites for hydroxylation is 1. The third kappa shape index (κ3) is 4.98. The summed E-state index contributed by atoms with van der Waals surface area (Å²) in [7, 11) is 1.75. The van der Waals surface area contributed by atoms with Crippen LogP contribution in [-0.2, 0) is 13.1 Å². The summed E-state index contributed by atoms with van der Waals surface area (Å²) in [6, 6.07) is 3.49. The highest BCUT2D eigenvalue weighted by molar-refractivity contribution is 5.73. The lowest BCUT2D eigenvalue weighted by Crippen LogP contribution is -2.41. The second-order valence-electron chi connectivity index (χ2n) is 5.29. The van der Waals surface area contributed by atoms with Crippen LogP contribution in [0.25, 0.3) is 0 Å². The van der Waals surface area contributed by atoms with Crippen LogP contribution in [0.2, 0.25) is 0 Å². The van der Waals surface area contributed by atoms with Crippen molar-refractivity contribution >= 4 is 6.03 Å². The highest BCUT2D eigenvalue weighted by Crippen LogP contribution is 2.08. The van der Waals surface area contributed by atoms with E-state index in [0.29, 0.717) is 18.8 Å². The zero-order valence-corrected chi connectivity index (χ0v) is 13.8. The molecule has 23 heavy (non-hydrogen) atoms. The van der Waals surface area contributed by atoms with E-state index in [1.54, 1.807) is 30.5 Å². The van der Waals surface area contributed by atoms with Crippen molar-refractivity contribution in [3.8, 4) is 5.75 Å². The van der Waals surface area contributed by atoms with Gasteiger partial charge in [-0.1, -0.05) is 0 Å². The summed E-state index contributed by atoms with van der Waals surface area (Å²) in [5.74, 6) is 1.55. The SMILES string of the molecule is CCn1ccnc1CN(C)C(=O)NC[C@@H](C)Oc1cccnc1. The molecule has 2 aromatic heterocycles. The fourth-order valence-electron chi connectivity index (χ4n) is 2.12. The number of hydrogen-bond acceptors (Lipinski definition) is 4. The summed E-state index contributed by atoms with van der Waals surface area (Å²) in [6.07, 6.45) is 6.84. The minimum atomic E-state index is -0.155. The van der Waals surface area contributed by atoms with Gasteiger partial charge in [-0.25, -0.2) is 9.78 Å². The molecule has 0 aliphatic rings. The van der Waals surface area contributed by atoms with E-state index in [4.69, 9.17) is 4.74 Å². The summed E-state index contributed by atoms with van der Waals surface area (Å²) in [4.78, 5) is 22.0. The van der Waals surface area contributed by atoms with Gasteiger partial charge in [-0.2, -0.15) is 0 Å². The predicted octanol–water partition coefficient (Wildman–Crippen LogP) is 1.91. The maximum atomic E-state index is 12.1. The number of nitrogens with one attached hydrogen (secondary N) is 1. The van der Waals surface area contributed by atoms with E-state index in [0.717, 1.165) is 12.4 Å². The van der Waals surface area contributed by atoms with Gasteiger partial charge in [0.05, 0.1) is 19.3 Å². The van der Waals surface area contributed by atoms with E-state index in [-0.39, 0.29) is 12.1 Å². The Kier molecular flexibility index (Phi) is 5.96. The summed E-state index contributed by atoms with van der Waals surface area (Å²) >= 11 is 0. The number of imidazole rings is 1. The summed E-state index contributed by atoms with van der Waals surface area (Å²) in [5, 5.41) is 2.86. The second-order valence-corrected chi connectivity index (χ2v) is 5.29. The Morgan fingerprint density at radius 3 is 3.00 bits per heavy atom. The first-order chi connectivity index (χ1) is 11.1. The average Bonchev–Trinajstić information content (AvgIpc) is 3.00. The van der Waals surface area contributed by atoms with Crippen LogP contribution in [0.4, 0.5) is 4.79 Å². The van der Waals surface area contributed by atoms with Crippen LogP contribution in [0, 0.1) is 0 Å². The van der Waals surface area contributed by atoms with Gasteiger partial charge in [0.2, 0.25) is 0 Å². The molecule has 0 aromatic carbocycles. The number of ether oxygens (including phenoxy) is 1. The maximum Gasteiger partial charge on any atom is 0.317 e. The topological polar surface area (TPSA) is 72.3 Å². The Labute approximate surface area is 136 Å². The normalized spacial score (nSPS) is 11.8. The second kappa shape index (κ2) is 8.17. The monoisotopic (exact) mass is 317 g/mol. The largest absolute Gasteiger partial charge is 0.487 e. The van der Waals surface area contributed by atoms with Crippen LogP contribution in [-0.4, -0.2) is 45.2 Å². The predicted molar refractivity (Wildman–Crippen MR) is 87.1 cm³/mol. The first-order valence-corrected chi connectivity index (χ1v) is 7.65. The number of aromatic nitrogens is 3. The molecule has 0 saturated heterocycles. The number of carbonyl (C=O) groups excluding carboxylic acids is 1. The number of hydrogen-bond donors (Lipinski definition) is 1. The van der Waals surface area contributed by atoms with Crippen LogP contribution in [0.1, 0.15) is 19.7 Å². The van der Waals surface area contributed by atoms with Crippen molar-refractivity contribution < 1.29 is 9.53 Å². The van der Waals surface area contributed by atoms with Gasteiger partial charge in [0.15, 0.2) is 0 Å². The minimum absolute atomic E-state index is 0.144. The molecular weight excluding hydrogens is 294 g/mol. The lowest BCUT2D eigenvalue weighted by molar-refractivity contribution is 0.187. The lowest BCUT2D eigenvalue weighted by Gasteiger charge is -2.20. The fraction of sp³-hybridized carbons (Fsp3) is 0.438. The molecule has 1 atom stereocenters.